The van der Waals surface area contributed by atoms with Gasteiger partial charge in [0.1, 0.15) is 23.4 Å². The zero-order chi connectivity index (χ0) is 23.9. The molecule has 3 rings (SSSR count). The predicted octanol–water partition coefficient (Wildman–Crippen LogP) is 3.36. The number of carbonyl (C=O) groups is 1. The Balaban J connectivity index is 1.60. The molecule has 3 N–H and O–H groups in total. The molecule has 0 unspecified atom stereocenters. The Labute approximate surface area is 189 Å². The van der Waals surface area contributed by atoms with Crippen molar-refractivity contribution in [3.05, 3.63) is 90.0 Å². The summed E-state index contributed by atoms with van der Waals surface area (Å²) in [7, 11) is -4.62. The Morgan fingerprint density at radius 2 is 1.48 bits per heavy atom. The molecule has 0 aliphatic carbocycles. The van der Waals surface area contributed by atoms with Gasteiger partial charge < -0.3 is 24.6 Å². The summed E-state index contributed by atoms with van der Waals surface area (Å²) >= 11 is 0. The molecule has 0 aliphatic rings. The van der Waals surface area contributed by atoms with Gasteiger partial charge in [-0.15, -0.1) is 0 Å². The first kappa shape index (κ1) is 24.4. The van der Waals surface area contributed by atoms with Crippen molar-refractivity contribution in [2.75, 3.05) is 13.2 Å². The number of carbonyl (C=O) groups excluding carboxylic acids is 1. The molecule has 0 fully saturated rings. The first-order valence-electron chi connectivity index (χ1n) is 9.85. The molecule has 33 heavy (non-hydrogen) atoms. The number of nitrogens with one attached hydrogen (secondary N) is 1. The molecule has 3 aromatic carbocycles. The van der Waals surface area contributed by atoms with Crippen LogP contribution in [0.15, 0.2) is 78.9 Å². The average Bonchev–Trinajstić information content (AvgIpc) is 2.80. The fourth-order valence-electron chi connectivity index (χ4n) is 2.95. The lowest BCUT2D eigenvalue weighted by atomic mass is 10.1. The Kier molecular flexibility index (Phi) is 7.81. The van der Waals surface area contributed by atoms with E-state index >= 15 is 0 Å². The number of alkyl halides is 2. The van der Waals surface area contributed by atoms with Gasteiger partial charge in [0.05, 0.1) is 12.1 Å². The minimum absolute atomic E-state index is 0.00702. The van der Waals surface area contributed by atoms with Crippen LogP contribution in [0.25, 0.3) is 0 Å². The zero-order valence-corrected chi connectivity index (χ0v) is 18.3. The first-order chi connectivity index (χ1) is 15.7. The van der Waals surface area contributed by atoms with E-state index in [2.05, 4.69) is 5.32 Å². The third-order valence-electron chi connectivity index (χ3n) is 4.56. The van der Waals surface area contributed by atoms with Crippen LogP contribution in [-0.4, -0.2) is 28.8 Å². The van der Waals surface area contributed by atoms with Gasteiger partial charge in [-0.05, 0) is 29.8 Å². The van der Waals surface area contributed by atoms with E-state index in [1.807, 2.05) is 30.3 Å². The third kappa shape index (κ3) is 6.86. The smallest absolute Gasteiger partial charge is 0.359 e. The molecule has 1 amide bonds. The lowest BCUT2D eigenvalue weighted by molar-refractivity contribution is -0.125. The van der Waals surface area contributed by atoms with Crippen molar-refractivity contribution < 1.29 is 37.4 Å². The van der Waals surface area contributed by atoms with Gasteiger partial charge in [-0.1, -0.05) is 54.6 Å². The van der Waals surface area contributed by atoms with Gasteiger partial charge in [-0.25, -0.2) is 0 Å². The summed E-state index contributed by atoms with van der Waals surface area (Å²) in [6.45, 7) is -1.60. The zero-order valence-electron chi connectivity index (χ0n) is 17.4. The molecule has 174 valence electrons. The number of halogens is 2. The van der Waals surface area contributed by atoms with Gasteiger partial charge in [0.2, 0.25) is 0 Å². The Bertz CT molecular complexity index is 1140. The molecule has 0 spiro atoms. The maximum atomic E-state index is 14.8. The molecule has 10 heteroatoms. The number of benzene rings is 3. The minimum atomic E-state index is -4.62. The second-order valence-corrected chi connectivity index (χ2v) is 8.62. The Hall–Kier alpha value is -3.26. The van der Waals surface area contributed by atoms with Crippen molar-refractivity contribution in [1.82, 2.24) is 5.32 Å². The number of ether oxygens (including phenoxy) is 2. The van der Waals surface area contributed by atoms with Crippen molar-refractivity contribution in [1.29, 1.82) is 0 Å². The van der Waals surface area contributed by atoms with Crippen LogP contribution in [0.2, 0.25) is 0 Å². The standard InChI is InChI=1S/C23H22F2NO6P/c24-23(25,18-10-4-5-11-19(18)31-14-17-8-2-1-3-9-17)16-26-22(27)15-32-20-12-6-7-13-21(20)33(28,29)30/h1-13H,14-16H2,(H,26,27)(H2,28,29,30). The summed E-state index contributed by atoms with van der Waals surface area (Å²) in [6, 6.07) is 20.1. The largest absolute Gasteiger partial charge is 0.488 e. The van der Waals surface area contributed by atoms with E-state index in [0.29, 0.717) is 0 Å². The molecule has 0 heterocycles. The molecule has 0 saturated carbocycles. The molecule has 0 aliphatic heterocycles. The van der Waals surface area contributed by atoms with E-state index < -0.39 is 37.9 Å². The molecule has 7 nitrogen and oxygen atoms in total. The van der Waals surface area contributed by atoms with Crippen molar-refractivity contribution in [3.63, 3.8) is 0 Å². The molecular weight excluding hydrogens is 455 g/mol. The fraction of sp³-hybridized carbons (Fsp3) is 0.174. The van der Waals surface area contributed by atoms with Crippen molar-refractivity contribution in [2.24, 2.45) is 0 Å². The minimum Gasteiger partial charge on any atom is -0.488 e. The second kappa shape index (κ2) is 10.6. The molecule has 0 atom stereocenters. The normalized spacial score (nSPS) is 11.6. The lowest BCUT2D eigenvalue weighted by Gasteiger charge is -2.21. The SMILES string of the molecule is O=C(COc1ccccc1P(=O)(O)O)NCC(F)(F)c1ccccc1OCc1ccccc1. The monoisotopic (exact) mass is 477 g/mol. The Morgan fingerprint density at radius 1 is 0.879 bits per heavy atom. The van der Waals surface area contributed by atoms with Gasteiger partial charge in [-0.3, -0.25) is 9.36 Å². The number of hydrogen-bond donors (Lipinski definition) is 3. The van der Waals surface area contributed by atoms with E-state index in [1.165, 1.54) is 36.4 Å². The van der Waals surface area contributed by atoms with Gasteiger partial charge in [0.15, 0.2) is 6.61 Å². The van der Waals surface area contributed by atoms with Crippen molar-refractivity contribution in [3.8, 4) is 11.5 Å². The summed E-state index contributed by atoms with van der Waals surface area (Å²) in [5.41, 5.74) is 0.436. The predicted molar refractivity (Wildman–Crippen MR) is 118 cm³/mol. The summed E-state index contributed by atoms with van der Waals surface area (Å²) in [4.78, 5) is 30.7. The maximum absolute atomic E-state index is 14.8. The number of rotatable bonds is 10. The van der Waals surface area contributed by atoms with Gasteiger partial charge >= 0.3 is 7.60 Å². The van der Waals surface area contributed by atoms with E-state index in [-0.39, 0.29) is 23.7 Å². The molecule has 0 radical (unpaired) electrons. The average molecular weight is 477 g/mol. The lowest BCUT2D eigenvalue weighted by Crippen LogP contribution is -2.38. The van der Waals surface area contributed by atoms with Crippen molar-refractivity contribution in [2.45, 2.75) is 12.5 Å². The number of para-hydroxylation sites is 2. The number of amides is 1. The van der Waals surface area contributed by atoms with E-state index in [0.717, 1.165) is 11.6 Å². The third-order valence-corrected chi connectivity index (χ3v) is 5.56. The van der Waals surface area contributed by atoms with Crippen molar-refractivity contribution >= 4 is 18.8 Å². The van der Waals surface area contributed by atoms with E-state index in [1.54, 1.807) is 6.07 Å². The topological polar surface area (TPSA) is 105 Å². The van der Waals surface area contributed by atoms with Gasteiger partial charge in [0.25, 0.3) is 11.8 Å². The summed E-state index contributed by atoms with van der Waals surface area (Å²) in [5.74, 6) is -4.52. The second-order valence-electron chi connectivity index (χ2n) is 7.05. The van der Waals surface area contributed by atoms with E-state index in [9.17, 15) is 27.9 Å². The maximum Gasteiger partial charge on any atom is 0.359 e. The van der Waals surface area contributed by atoms with Crippen LogP contribution in [0.3, 0.4) is 0 Å². The van der Waals surface area contributed by atoms with Gasteiger partial charge in [0, 0.05) is 0 Å². The molecule has 3 aromatic rings. The highest BCUT2D eigenvalue weighted by Gasteiger charge is 2.35. The highest BCUT2D eigenvalue weighted by atomic mass is 31.2. The summed E-state index contributed by atoms with van der Waals surface area (Å²) in [5, 5.41) is 1.69. The summed E-state index contributed by atoms with van der Waals surface area (Å²) < 4.78 is 51.9. The van der Waals surface area contributed by atoms with Crippen LogP contribution < -0.4 is 20.1 Å². The van der Waals surface area contributed by atoms with E-state index in [4.69, 9.17) is 9.47 Å². The quantitative estimate of drug-likeness (QED) is 0.387. The number of hydrogen-bond acceptors (Lipinski definition) is 4. The van der Waals surface area contributed by atoms with Crippen LogP contribution in [0.4, 0.5) is 8.78 Å². The van der Waals surface area contributed by atoms with Crippen LogP contribution in [0, 0.1) is 0 Å². The van der Waals surface area contributed by atoms with Crippen LogP contribution in [-0.2, 0) is 21.9 Å². The highest BCUT2D eigenvalue weighted by molar-refractivity contribution is 7.60. The van der Waals surface area contributed by atoms with Gasteiger partial charge in [-0.2, -0.15) is 8.78 Å². The Morgan fingerprint density at radius 3 is 2.18 bits per heavy atom. The van der Waals surface area contributed by atoms with Crippen LogP contribution >= 0.6 is 7.60 Å². The summed E-state index contributed by atoms with van der Waals surface area (Å²) in [6.07, 6.45) is 0. The molecule has 0 bridgehead atoms. The van der Waals surface area contributed by atoms with Crippen LogP contribution in [0.5, 0.6) is 11.5 Å². The molecule has 0 aromatic heterocycles. The first-order valence-corrected chi connectivity index (χ1v) is 11.5. The molecule has 0 saturated heterocycles. The van der Waals surface area contributed by atoms with Crippen LogP contribution in [0.1, 0.15) is 11.1 Å². The fourth-order valence-corrected chi connectivity index (χ4v) is 3.66. The highest BCUT2D eigenvalue weighted by Crippen LogP contribution is 2.37. The molecular formula is C23H22F2NO6P.